The van der Waals surface area contributed by atoms with E-state index >= 15 is 0 Å². The smallest absolute Gasteiger partial charge is 0.407 e. The highest BCUT2D eigenvalue weighted by atomic mass is 16.6. The second kappa shape index (κ2) is 7.92. The highest BCUT2D eigenvalue weighted by Crippen LogP contribution is 2.08. The molecule has 1 unspecified atom stereocenters. The molecule has 0 aliphatic heterocycles. The van der Waals surface area contributed by atoms with Crippen LogP contribution in [0.4, 0.5) is 4.79 Å². The lowest BCUT2D eigenvalue weighted by atomic mass is 10.1. The average Bonchev–Trinajstić information content (AvgIpc) is 2.14. The highest BCUT2D eigenvalue weighted by Gasteiger charge is 2.20. The number of carbonyl (C=O) groups is 2. The zero-order chi connectivity index (χ0) is 14.2. The minimum Gasteiger partial charge on any atom is -0.444 e. The fourth-order valence-corrected chi connectivity index (χ4v) is 1.46. The van der Waals surface area contributed by atoms with E-state index in [1.807, 2.05) is 6.92 Å². The van der Waals surface area contributed by atoms with Crippen molar-refractivity contribution in [3.05, 3.63) is 0 Å². The summed E-state index contributed by atoms with van der Waals surface area (Å²) in [7, 11) is 1.62. The largest absolute Gasteiger partial charge is 0.444 e. The van der Waals surface area contributed by atoms with Crippen LogP contribution in [0.5, 0.6) is 0 Å². The topological polar surface area (TPSA) is 79.5 Å². The van der Waals surface area contributed by atoms with Crippen molar-refractivity contribution in [2.75, 3.05) is 7.05 Å². The molecule has 0 spiro atoms. The molecule has 0 saturated carbocycles. The summed E-state index contributed by atoms with van der Waals surface area (Å²) < 4.78 is 5.16. The number of alkyl carbamates (subject to hydrolysis) is 1. The molecule has 0 saturated heterocycles. The van der Waals surface area contributed by atoms with E-state index in [0.717, 1.165) is 12.8 Å². The molecule has 0 aromatic heterocycles. The van der Waals surface area contributed by atoms with Crippen LogP contribution in [0.15, 0.2) is 0 Å². The van der Waals surface area contributed by atoms with Gasteiger partial charge in [0.05, 0.1) is 0 Å². The summed E-state index contributed by atoms with van der Waals surface area (Å²) in [6.45, 7) is 7.40. The van der Waals surface area contributed by atoms with Crippen molar-refractivity contribution >= 4 is 12.0 Å². The maximum atomic E-state index is 11.6. The molecular weight excluding hydrogens is 234 g/mol. The number of rotatable bonds is 6. The van der Waals surface area contributed by atoms with E-state index in [0.29, 0.717) is 0 Å². The SMILES string of the molecule is CCCC(CC(=O)NNC)NC(=O)OC(C)(C)C. The first kappa shape index (κ1) is 16.7. The molecule has 0 aromatic rings. The van der Waals surface area contributed by atoms with Crippen molar-refractivity contribution in [3.8, 4) is 0 Å². The summed E-state index contributed by atoms with van der Waals surface area (Å²) >= 11 is 0. The van der Waals surface area contributed by atoms with Crippen molar-refractivity contribution in [1.29, 1.82) is 0 Å². The summed E-state index contributed by atoms with van der Waals surface area (Å²) in [5, 5.41) is 2.71. The van der Waals surface area contributed by atoms with Crippen LogP contribution in [0.25, 0.3) is 0 Å². The van der Waals surface area contributed by atoms with Crippen molar-refractivity contribution < 1.29 is 14.3 Å². The van der Waals surface area contributed by atoms with Gasteiger partial charge in [-0.2, -0.15) is 0 Å². The van der Waals surface area contributed by atoms with Crippen molar-refractivity contribution in [3.63, 3.8) is 0 Å². The Labute approximate surface area is 109 Å². The second-order valence-electron chi connectivity index (χ2n) is 5.13. The Morgan fingerprint density at radius 3 is 2.33 bits per heavy atom. The van der Waals surface area contributed by atoms with Crippen LogP contribution in [0, 0.1) is 0 Å². The summed E-state index contributed by atoms with van der Waals surface area (Å²) in [5.41, 5.74) is 4.50. The summed E-state index contributed by atoms with van der Waals surface area (Å²) in [6, 6.07) is -0.210. The van der Waals surface area contributed by atoms with Gasteiger partial charge in [0.2, 0.25) is 5.91 Å². The highest BCUT2D eigenvalue weighted by molar-refractivity contribution is 5.77. The lowest BCUT2D eigenvalue weighted by Gasteiger charge is -2.23. The Balaban J connectivity index is 4.26. The summed E-state index contributed by atoms with van der Waals surface area (Å²) in [4.78, 5) is 23.0. The van der Waals surface area contributed by atoms with Crippen molar-refractivity contribution in [2.24, 2.45) is 0 Å². The Kier molecular flexibility index (Phi) is 7.35. The molecule has 0 aromatic carbocycles. The summed E-state index contributed by atoms with van der Waals surface area (Å²) in [6.07, 6.45) is 1.36. The molecule has 0 rings (SSSR count). The number of amides is 2. The number of ether oxygens (including phenoxy) is 1. The zero-order valence-electron chi connectivity index (χ0n) is 11.9. The first-order valence-corrected chi connectivity index (χ1v) is 6.23. The number of hydrogen-bond donors (Lipinski definition) is 3. The fraction of sp³-hybridized carbons (Fsp3) is 0.833. The minimum atomic E-state index is -0.534. The first-order chi connectivity index (χ1) is 8.28. The van der Waals surface area contributed by atoms with Gasteiger partial charge in [-0.3, -0.25) is 10.2 Å². The van der Waals surface area contributed by atoms with Crippen LogP contribution < -0.4 is 16.2 Å². The van der Waals surface area contributed by atoms with E-state index < -0.39 is 11.7 Å². The molecule has 1 atom stereocenters. The van der Waals surface area contributed by atoms with E-state index in [-0.39, 0.29) is 18.4 Å². The van der Waals surface area contributed by atoms with Gasteiger partial charge in [-0.25, -0.2) is 10.2 Å². The Morgan fingerprint density at radius 2 is 1.89 bits per heavy atom. The average molecular weight is 259 g/mol. The van der Waals surface area contributed by atoms with Crippen LogP contribution in [-0.2, 0) is 9.53 Å². The van der Waals surface area contributed by atoms with E-state index in [9.17, 15) is 9.59 Å². The van der Waals surface area contributed by atoms with E-state index in [2.05, 4.69) is 16.2 Å². The molecular formula is C12H25N3O3. The van der Waals surface area contributed by atoms with E-state index in [1.54, 1.807) is 27.8 Å². The van der Waals surface area contributed by atoms with Gasteiger partial charge in [-0.05, 0) is 27.2 Å². The van der Waals surface area contributed by atoms with Crippen molar-refractivity contribution in [2.45, 2.75) is 58.6 Å². The fourth-order valence-electron chi connectivity index (χ4n) is 1.46. The van der Waals surface area contributed by atoms with Crippen LogP contribution >= 0.6 is 0 Å². The van der Waals surface area contributed by atoms with Gasteiger partial charge < -0.3 is 10.1 Å². The minimum absolute atomic E-state index is 0.160. The predicted molar refractivity (Wildman–Crippen MR) is 69.9 cm³/mol. The molecule has 106 valence electrons. The lowest BCUT2D eigenvalue weighted by Crippen LogP contribution is -2.43. The normalized spacial score (nSPS) is 12.7. The standard InChI is InChI=1S/C12H25N3O3/c1-6-7-9(8-10(16)15-13-5)14-11(17)18-12(2,3)4/h9,13H,6-8H2,1-5H3,(H,14,17)(H,15,16). The van der Waals surface area contributed by atoms with Gasteiger partial charge in [0.15, 0.2) is 0 Å². The number of hydrazine groups is 1. The third-order valence-corrected chi connectivity index (χ3v) is 2.05. The number of nitrogens with one attached hydrogen (secondary N) is 3. The monoisotopic (exact) mass is 259 g/mol. The molecule has 0 aliphatic rings. The van der Waals surface area contributed by atoms with E-state index in [1.165, 1.54) is 0 Å². The maximum Gasteiger partial charge on any atom is 0.407 e. The molecule has 18 heavy (non-hydrogen) atoms. The van der Waals surface area contributed by atoms with Gasteiger partial charge in [0.1, 0.15) is 5.60 Å². The Morgan fingerprint density at radius 1 is 1.28 bits per heavy atom. The quantitative estimate of drug-likeness (QED) is 0.629. The third kappa shape index (κ3) is 8.81. The molecule has 6 heteroatoms. The molecule has 6 nitrogen and oxygen atoms in total. The Hall–Kier alpha value is -1.30. The Bertz CT molecular complexity index is 274. The molecule has 2 amide bonds. The molecule has 3 N–H and O–H groups in total. The van der Waals surface area contributed by atoms with Crippen molar-refractivity contribution in [1.82, 2.24) is 16.2 Å². The van der Waals surface area contributed by atoms with E-state index in [4.69, 9.17) is 4.74 Å². The van der Waals surface area contributed by atoms with Gasteiger partial charge >= 0.3 is 6.09 Å². The van der Waals surface area contributed by atoms with Gasteiger partial charge in [-0.15, -0.1) is 0 Å². The van der Waals surface area contributed by atoms with Crippen LogP contribution in [0.1, 0.15) is 47.0 Å². The predicted octanol–water partition coefficient (Wildman–Crippen LogP) is 1.32. The van der Waals surface area contributed by atoms with Crippen LogP contribution in [-0.4, -0.2) is 30.7 Å². The van der Waals surface area contributed by atoms with Gasteiger partial charge in [0, 0.05) is 19.5 Å². The van der Waals surface area contributed by atoms with Gasteiger partial charge in [-0.1, -0.05) is 13.3 Å². The summed E-state index contributed by atoms with van der Waals surface area (Å²) in [5.74, 6) is -0.160. The maximum absolute atomic E-state index is 11.6. The molecule has 0 radical (unpaired) electrons. The van der Waals surface area contributed by atoms with Crippen LogP contribution in [0.2, 0.25) is 0 Å². The number of carbonyl (C=O) groups excluding carboxylic acids is 2. The molecule has 0 bridgehead atoms. The van der Waals surface area contributed by atoms with Crippen LogP contribution in [0.3, 0.4) is 0 Å². The molecule has 0 aliphatic carbocycles. The lowest BCUT2D eigenvalue weighted by molar-refractivity contribution is -0.122. The number of hydrogen-bond acceptors (Lipinski definition) is 4. The third-order valence-electron chi connectivity index (χ3n) is 2.05. The first-order valence-electron chi connectivity index (χ1n) is 6.23. The zero-order valence-corrected chi connectivity index (χ0v) is 11.9. The molecule has 0 fully saturated rings. The molecule has 0 heterocycles. The van der Waals surface area contributed by atoms with Gasteiger partial charge in [0.25, 0.3) is 0 Å². The second-order valence-corrected chi connectivity index (χ2v) is 5.13.